The van der Waals surface area contributed by atoms with E-state index in [9.17, 15) is 0 Å². The Morgan fingerprint density at radius 3 is 2.76 bits per heavy atom. The van der Waals surface area contributed by atoms with Crippen molar-refractivity contribution in [3.05, 3.63) is 28.8 Å². The second kappa shape index (κ2) is 5.71. The number of hydrogen-bond donors (Lipinski definition) is 0. The van der Waals surface area contributed by atoms with Crippen LogP contribution < -0.4 is 4.74 Å². The summed E-state index contributed by atoms with van der Waals surface area (Å²) in [6, 6.07) is 5.59. The molecular weight excluding hydrogens is 240 g/mol. The molecule has 17 heavy (non-hydrogen) atoms. The first-order valence-corrected chi connectivity index (χ1v) is 6.31. The van der Waals surface area contributed by atoms with Crippen molar-refractivity contribution in [2.24, 2.45) is 0 Å². The van der Waals surface area contributed by atoms with Gasteiger partial charge in [-0.3, -0.25) is 0 Å². The zero-order valence-electron chi connectivity index (χ0n) is 10.1. The van der Waals surface area contributed by atoms with Crippen LogP contribution in [-0.4, -0.2) is 19.5 Å². The van der Waals surface area contributed by atoms with Crippen LogP contribution in [0, 0.1) is 0 Å². The summed E-state index contributed by atoms with van der Waals surface area (Å²) in [5, 5.41) is 0.701. The van der Waals surface area contributed by atoms with E-state index in [0.717, 1.165) is 11.3 Å². The van der Waals surface area contributed by atoms with Gasteiger partial charge in [0.05, 0.1) is 6.10 Å². The molecule has 0 fully saturated rings. The fourth-order valence-corrected chi connectivity index (χ4v) is 2.20. The molecule has 1 aromatic carbocycles. The summed E-state index contributed by atoms with van der Waals surface area (Å²) >= 11 is 6.00. The molecule has 0 saturated heterocycles. The van der Waals surface area contributed by atoms with Gasteiger partial charge in [0.15, 0.2) is 0 Å². The van der Waals surface area contributed by atoms with Crippen LogP contribution in [0.15, 0.2) is 18.2 Å². The van der Waals surface area contributed by atoms with E-state index >= 15 is 0 Å². The maximum Gasteiger partial charge on any atom is 0.202 e. The van der Waals surface area contributed by atoms with Gasteiger partial charge >= 0.3 is 0 Å². The normalized spacial score (nSPS) is 23.0. The predicted octanol–water partition coefficient (Wildman–Crippen LogP) is 3.56. The van der Waals surface area contributed by atoms with Gasteiger partial charge in [-0.05, 0) is 32.0 Å². The highest BCUT2D eigenvalue weighted by molar-refractivity contribution is 6.30. The Hall–Kier alpha value is -0.770. The van der Waals surface area contributed by atoms with Gasteiger partial charge in [-0.2, -0.15) is 0 Å². The SMILES string of the molecule is CCOC1CC(OCC)c2cc(Cl)ccc2O1. The molecule has 0 amide bonds. The molecule has 3 nitrogen and oxygen atoms in total. The Bertz CT molecular complexity index is 381. The Balaban J connectivity index is 2.25. The molecule has 4 heteroatoms. The van der Waals surface area contributed by atoms with Crippen molar-refractivity contribution in [2.45, 2.75) is 32.7 Å². The number of hydrogen-bond acceptors (Lipinski definition) is 3. The third kappa shape index (κ3) is 2.92. The molecule has 2 unspecified atom stereocenters. The lowest BCUT2D eigenvalue weighted by Crippen LogP contribution is -2.29. The van der Waals surface area contributed by atoms with Crippen LogP contribution in [0.1, 0.15) is 31.9 Å². The maximum absolute atomic E-state index is 6.00. The first kappa shape index (κ1) is 12.7. The zero-order valence-corrected chi connectivity index (χ0v) is 10.9. The predicted molar refractivity (Wildman–Crippen MR) is 66.5 cm³/mol. The van der Waals surface area contributed by atoms with Gasteiger partial charge in [0.25, 0.3) is 0 Å². The highest BCUT2D eigenvalue weighted by Gasteiger charge is 2.29. The fraction of sp³-hybridized carbons (Fsp3) is 0.538. The fourth-order valence-electron chi connectivity index (χ4n) is 2.02. The Morgan fingerprint density at radius 1 is 1.29 bits per heavy atom. The van der Waals surface area contributed by atoms with Crippen LogP contribution in [0.5, 0.6) is 5.75 Å². The third-order valence-corrected chi connectivity index (χ3v) is 2.94. The van der Waals surface area contributed by atoms with Crippen molar-refractivity contribution in [1.82, 2.24) is 0 Å². The first-order chi connectivity index (χ1) is 8.24. The van der Waals surface area contributed by atoms with Crippen molar-refractivity contribution < 1.29 is 14.2 Å². The average Bonchev–Trinajstić information content (AvgIpc) is 2.31. The highest BCUT2D eigenvalue weighted by atomic mass is 35.5. The molecule has 0 bridgehead atoms. The first-order valence-electron chi connectivity index (χ1n) is 5.93. The van der Waals surface area contributed by atoms with E-state index < -0.39 is 0 Å². The monoisotopic (exact) mass is 256 g/mol. The van der Waals surface area contributed by atoms with Gasteiger partial charge in [-0.25, -0.2) is 0 Å². The standard InChI is InChI=1S/C13H17ClO3/c1-3-15-12-8-13(16-4-2)17-11-6-5-9(14)7-10(11)12/h5-7,12-13H,3-4,8H2,1-2H3. The van der Waals surface area contributed by atoms with E-state index in [0.29, 0.717) is 24.7 Å². The van der Waals surface area contributed by atoms with E-state index in [4.69, 9.17) is 25.8 Å². The van der Waals surface area contributed by atoms with Crippen LogP contribution in [0.25, 0.3) is 0 Å². The molecule has 2 rings (SSSR count). The van der Waals surface area contributed by atoms with Crippen LogP contribution in [-0.2, 0) is 9.47 Å². The van der Waals surface area contributed by atoms with Gasteiger partial charge in [0.2, 0.25) is 6.29 Å². The Kier molecular flexibility index (Phi) is 4.26. The van der Waals surface area contributed by atoms with Crippen LogP contribution in [0.2, 0.25) is 5.02 Å². The summed E-state index contributed by atoms with van der Waals surface area (Å²) in [5.41, 5.74) is 1.01. The van der Waals surface area contributed by atoms with Crippen molar-refractivity contribution in [3.63, 3.8) is 0 Å². The molecule has 0 aliphatic carbocycles. The van der Waals surface area contributed by atoms with E-state index in [1.165, 1.54) is 0 Å². The van der Waals surface area contributed by atoms with Crippen molar-refractivity contribution in [3.8, 4) is 5.75 Å². The van der Waals surface area contributed by atoms with Crippen LogP contribution >= 0.6 is 11.6 Å². The number of fused-ring (bicyclic) bond motifs is 1. The summed E-state index contributed by atoms with van der Waals surface area (Å²) in [6.45, 7) is 5.23. The molecule has 0 saturated carbocycles. The van der Waals surface area contributed by atoms with Gasteiger partial charge in [0.1, 0.15) is 5.75 Å². The summed E-state index contributed by atoms with van der Waals surface area (Å²) in [4.78, 5) is 0. The molecule has 2 atom stereocenters. The summed E-state index contributed by atoms with van der Waals surface area (Å²) in [7, 11) is 0. The van der Waals surface area contributed by atoms with E-state index in [1.807, 2.05) is 32.0 Å². The molecule has 0 spiro atoms. The highest BCUT2D eigenvalue weighted by Crippen LogP contribution is 2.38. The molecule has 0 radical (unpaired) electrons. The van der Waals surface area contributed by atoms with Crippen molar-refractivity contribution >= 4 is 11.6 Å². The quantitative estimate of drug-likeness (QED) is 0.824. The average molecular weight is 257 g/mol. The summed E-state index contributed by atoms with van der Waals surface area (Å²) < 4.78 is 17.0. The van der Waals surface area contributed by atoms with Gasteiger partial charge < -0.3 is 14.2 Å². The van der Waals surface area contributed by atoms with E-state index in [-0.39, 0.29) is 12.4 Å². The Morgan fingerprint density at radius 2 is 2.06 bits per heavy atom. The third-order valence-electron chi connectivity index (χ3n) is 2.70. The lowest BCUT2D eigenvalue weighted by atomic mass is 10.0. The summed E-state index contributed by atoms with van der Waals surface area (Å²) in [6.07, 6.45) is 0.471. The molecule has 1 aliphatic heterocycles. The minimum absolute atomic E-state index is 0.000926. The van der Waals surface area contributed by atoms with Crippen LogP contribution in [0.4, 0.5) is 0 Å². The minimum Gasteiger partial charge on any atom is -0.464 e. The lowest BCUT2D eigenvalue weighted by Gasteiger charge is -2.31. The van der Waals surface area contributed by atoms with Crippen LogP contribution in [0.3, 0.4) is 0 Å². The van der Waals surface area contributed by atoms with E-state index in [1.54, 1.807) is 0 Å². The molecule has 1 aromatic rings. The number of ether oxygens (including phenoxy) is 3. The maximum atomic E-state index is 6.00. The second-order valence-corrected chi connectivity index (χ2v) is 4.30. The molecule has 94 valence electrons. The minimum atomic E-state index is -0.231. The Labute approximate surface area is 107 Å². The molecular formula is C13H17ClO3. The lowest BCUT2D eigenvalue weighted by molar-refractivity contribution is -0.121. The molecule has 0 aromatic heterocycles. The van der Waals surface area contributed by atoms with Gasteiger partial charge in [-0.15, -0.1) is 0 Å². The largest absolute Gasteiger partial charge is 0.464 e. The second-order valence-electron chi connectivity index (χ2n) is 3.86. The summed E-state index contributed by atoms with van der Waals surface area (Å²) in [5.74, 6) is 0.803. The van der Waals surface area contributed by atoms with Crippen molar-refractivity contribution in [2.75, 3.05) is 13.2 Å². The number of halogens is 1. The smallest absolute Gasteiger partial charge is 0.202 e. The topological polar surface area (TPSA) is 27.7 Å². The van der Waals surface area contributed by atoms with Gasteiger partial charge in [0, 0.05) is 30.2 Å². The molecule has 1 heterocycles. The zero-order chi connectivity index (χ0) is 12.3. The van der Waals surface area contributed by atoms with Crippen molar-refractivity contribution in [1.29, 1.82) is 0 Å². The molecule has 0 N–H and O–H groups in total. The van der Waals surface area contributed by atoms with E-state index in [2.05, 4.69) is 0 Å². The number of rotatable bonds is 4. The van der Waals surface area contributed by atoms with Gasteiger partial charge in [-0.1, -0.05) is 11.6 Å². The molecule has 1 aliphatic rings. The number of benzene rings is 1.